The van der Waals surface area contributed by atoms with Gasteiger partial charge in [0.05, 0.1) is 13.7 Å². The van der Waals surface area contributed by atoms with Crippen molar-refractivity contribution in [3.63, 3.8) is 0 Å². The van der Waals surface area contributed by atoms with Gasteiger partial charge >= 0.3 is 6.03 Å². The fourth-order valence-corrected chi connectivity index (χ4v) is 4.69. The minimum Gasteiger partial charge on any atom is -0.496 e. The Morgan fingerprint density at radius 2 is 2.12 bits per heavy atom. The quantitative estimate of drug-likeness (QED) is 0.872. The minimum absolute atomic E-state index is 0.155. The highest BCUT2D eigenvalue weighted by Gasteiger charge is 2.54. The molecule has 0 unspecified atom stereocenters. The van der Waals surface area contributed by atoms with Gasteiger partial charge in [-0.2, -0.15) is 0 Å². The molecule has 5 nitrogen and oxygen atoms in total. The molecule has 1 aromatic carbocycles. The van der Waals surface area contributed by atoms with Gasteiger partial charge in [-0.15, -0.1) is 11.3 Å². The predicted molar refractivity (Wildman–Crippen MR) is 91.0 cm³/mol. The van der Waals surface area contributed by atoms with E-state index in [4.69, 9.17) is 4.74 Å². The van der Waals surface area contributed by atoms with Crippen LogP contribution in [0.3, 0.4) is 0 Å². The third-order valence-corrected chi connectivity index (χ3v) is 5.84. The molecule has 1 N–H and O–H groups in total. The van der Waals surface area contributed by atoms with Gasteiger partial charge in [-0.25, -0.2) is 4.79 Å². The summed E-state index contributed by atoms with van der Waals surface area (Å²) >= 11 is 1.66. The van der Waals surface area contributed by atoms with E-state index in [0.717, 1.165) is 24.0 Å². The Kier molecular flexibility index (Phi) is 3.57. The lowest BCUT2D eigenvalue weighted by atomic mass is 9.80. The number of carbonyl (C=O) groups is 2. The van der Waals surface area contributed by atoms with E-state index in [1.807, 2.05) is 35.7 Å². The first-order valence-electron chi connectivity index (χ1n) is 7.98. The Morgan fingerprint density at radius 3 is 2.96 bits per heavy atom. The van der Waals surface area contributed by atoms with Crippen LogP contribution in [-0.4, -0.2) is 23.9 Å². The lowest BCUT2D eigenvalue weighted by Crippen LogP contribution is -2.46. The molecule has 2 aromatic rings. The van der Waals surface area contributed by atoms with E-state index in [2.05, 4.69) is 5.32 Å². The van der Waals surface area contributed by atoms with Gasteiger partial charge in [0.25, 0.3) is 5.91 Å². The monoisotopic (exact) mass is 342 g/mol. The lowest BCUT2D eigenvalue weighted by molar-refractivity contribution is -0.132. The summed E-state index contributed by atoms with van der Waals surface area (Å²) in [6, 6.07) is 9.11. The number of hydrogen-bond acceptors (Lipinski definition) is 4. The molecule has 0 bridgehead atoms. The van der Waals surface area contributed by atoms with Crippen LogP contribution >= 0.6 is 11.3 Å². The Balaban J connectivity index is 1.68. The highest BCUT2D eigenvalue weighted by Crippen LogP contribution is 2.42. The minimum atomic E-state index is -0.882. The third kappa shape index (κ3) is 2.13. The summed E-state index contributed by atoms with van der Waals surface area (Å²) in [5.74, 6) is 0.525. The number of hydrogen-bond donors (Lipinski definition) is 1. The van der Waals surface area contributed by atoms with E-state index in [9.17, 15) is 9.59 Å². The van der Waals surface area contributed by atoms with Crippen molar-refractivity contribution in [3.8, 4) is 5.75 Å². The molecule has 6 heteroatoms. The zero-order valence-electron chi connectivity index (χ0n) is 13.4. The van der Waals surface area contributed by atoms with Crippen LogP contribution in [-0.2, 0) is 23.3 Å². The molecule has 2 aliphatic rings. The van der Waals surface area contributed by atoms with Crippen LogP contribution in [0.15, 0.2) is 35.7 Å². The number of benzene rings is 1. The predicted octanol–water partition coefficient (Wildman–Crippen LogP) is 3.04. The summed E-state index contributed by atoms with van der Waals surface area (Å²) < 4.78 is 5.34. The van der Waals surface area contributed by atoms with Crippen LogP contribution in [0.1, 0.15) is 28.8 Å². The van der Waals surface area contributed by atoms with E-state index in [0.29, 0.717) is 12.2 Å². The van der Waals surface area contributed by atoms with Gasteiger partial charge in [0.2, 0.25) is 0 Å². The summed E-state index contributed by atoms with van der Waals surface area (Å²) in [5, 5.41) is 4.97. The second-order valence-electron chi connectivity index (χ2n) is 6.15. The van der Waals surface area contributed by atoms with Gasteiger partial charge in [0.15, 0.2) is 0 Å². The second-order valence-corrected chi connectivity index (χ2v) is 7.15. The van der Waals surface area contributed by atoms with Crippen LogP contribution in [0.5, 0.6) is 5.75 Å². The molecule has 124 valence electrons. The van der Waals surface area contributed by atoms with E-state index in [1.165, 1.54) is 9.78 Å². The van der Waals surface area contributed by atoms with Gasteiger partial charge < -0.3 is 10.1 Å². The Labute approximate surface area is 144 Å². The van der Waals surface area contributed by atoms with Crippen LogP contribution in [0, 0.1) is 0 Å². The van der Waals surface area contributed by atoms with Crippen molar-refractivity contribution in [2.75, 3.05) is 7.11 Å². The molecule has 24 heavy (non-hydrogen) atoms. The number of nitrogens with one attached hydrogen (secondary N) is 1. The first-order chi connectivity index (χ1) is 11.7. The number of amides is 3. The maximum atomic E-state index is 13.2. The van der Waals surface area contributed by atoms with Gasteiger partial charge in [-0.3, -0.25) is 9.69 Å². The van der Waals surface area contributed by atoms with Crippen LogP contribution in [0.2, 0.25) is 0 Å². The van der Waals surface area contributed by atoms with Crippen molar-refractivity contribution in [3.05, 3.63) is 51.7 Å². The average Bonchev–Trinajstić information content (AvgIpc) is 3.16. The van der Waals surface area contributed by atoms with E-state index in [-0.39, 0.29) is 18.5 Å². The summed E-state index contributed by atoms with van der Waals surface area (Å²) in [7, 11) is 1.59. The second kappa shape index (κ2) is 5.63. The highest BCUT2D eigenvalue weighted by molar-refractivity contribution is 7.10. The highest BCUT2D eigenvalue weighted by atomic mass is 32.1. The number of fused-ring (bicyclic) bond motifs is 2. The number of rotatable bonds is 3. The van der Waals surface area contributed by atoms with E-state index < -0.39 is 5.54 Å². The molecule has 2 heterocycles. The SMILES string of the molecule is COc1ccccc1CN1C(=O)N[C@]2(CCCc3sccc32)C1=O. The van der Waals surface area contributed by atoms with E-state index >= 15 is 0 Å². The molecule has 1 fully saturated rings. The van der Waals surface area contributed by atoms with Gasteiger partial charge in [0, 0.05) is 16.0 Å². The van der Waals surface area contributed by atoms with Crippen LogP contribution in [0.4, 0.5) is 4.79 Å². The molecule has 3 amide bonds. The van der Waals surface area contributed by atoms with Crippen molar-refractivity contribution < 1.29 is 14.3 Å². The molecule has 1 atom stereocenters. The number of carbonyl (C=O) groups excluding carboxylic acids is 2. The lowest BCUT2D eigenvalue weighted by Gasteiger charge is -2.31. The van der Waals surface area contributed by atoms with Gasteiger partial charge in [-0.05, 0) is 36.8 Å². The standard InChI is InChI=1S/C18H18N2O3S/c1-23-14-6-3-2-5-12(14)11-20-16(21)18(19-17(20)22)9-4-7-15-13(18)8-10-24-15/h2-3,5-6,8,10H,4,7,9,11H2,1H3,(H,19,22)/t18-/m0/s1. The number of methoxy groups -OCH3 is 1. The fourth-order valence-electron chi connectivity index (χ4n) is 3.69. The van der Waals surface area contributed by atoms with Crippen molar-refractivity contribution in [1.82, 2.24) is 10.2 Å². The van der Waals surface area contributed by atoms with Crippen molar-refractivity contribution in [2.24, 2.45) is 0 Å². The van der Waals surface area contributed by atoms with Gasteiger partial charge in [-0.1, -0.05) is 18.2 Å². The Hall–Kier alpha value is -2.34. The molecule has 1 aliphatic heterocycles. The molecule has 0 radical (unpaired) electrons. The topological polar surface area (TPSA) is 58.6 Å². The van der Waals surface area contributed by atoms with Gasteiger partial charge in [0.1, 0.15) is 11.3 Å². The van der Waals surface area contributed by atoms with E-state index in [1.54, 1.807) is 18.4 Å². The molecular formula is C18H18N2O3S. The molecule has 1 aliphatic carbocycles. The first-order valence-corrected chi connectivity index (χ1v) is 8.86. The summed E-state index contributed by atoms with van der Waals surface area (Å²) in [6.07, 6.45) is 2.54. The number of para-hydroxylation sites is 1. The normalized spacial score (nSPS) is 22.6. The maximum absolute atomic E-state index is 13.2. The third-order valence-electron chi connectivity index (χ3n) is 4.86. The van der Waals surface area contributed by atoms with Crippen LogP contribution < -0.4 is 10.1 Å². The first kappa shape index (κ1) is 15.2. The largest absolute Gasteiger partial charge is 0.496 e. The van der Waals surface area contributed by atoms with Crippen molar-refractivity contribution >= 4 is 23.3 Å². The number of urea groups is 1. The summed E-state index contributed by atoms with van der Waals surface area (Å²) in [6.45, 7) is 0.218. The summed E-state index contributed by atoms with van der Waals surface area (Å²) in [4.78, 5) is 28.2. The smallest absolute Gasteiger partial charge is 0.325 e. The zero-order valence-corrected chi connectivity index (χ0v) is 14.2. The number of thiophene rings is 1. The van der Waals surface area contributed by atoms with Crippen molar-refractivity contribution in [2.45, 2.75) is 31.3 Å². The molecule has 1 saturated heterocycles. The maximum Gasteiger partial charge on any atom is 0.325 e. The van der Waals surface area contributed by atoms with Crippen LogP contribution in [0.25, 0.3) is 0 Å². The molecular weight excluding hydrogens is 324 g/mol. The fraction of sp³-hybridized carbons (Fsp3) is 0.333. The molecule has 1 spiro atoms. The molecule has 1 aromatic heterocycles. The zero-order chi connectivity index (χ0) is 16.7. The number of aryl methyl sites for hydroxylation is 1. The summed E-state index contributed by atoms with van der Waals surface area (Å²) in [5.41, 5.74) is 0.911. The van der Waals surface area contributed by atoms with Crippen molar-refractivity contribution in [1.29, 1.82) is 0 Å². The number of ether oxygens (including phenoxy) is 1. The average molecular weight is 342 g/mol. The number of nitrogens with zero attached hydrogens (tertiary/aromatic N) is 1. The number of imide groups is 1. The molecule has 4 rings (SSSR count). The Morgan fingerprint density at radius 1 is 1.29 bits per heavy atom. The Bertz CT molecular complexity index is 816. The molecule has 0 saturated carbocycles.